The molecule has 0 fully saturated rings. The van der Waals surface area contributed by atoms with Crippen LogP contribution in [-0.2, 0) is 18.9 Å². The average Bonchev–Trinajstić information content (AvgIpc) is 3.73. The molecule has 2 aliphatic rings. The second kappa shape index (κ2) is 8.44. The van der Waals surface area contributed by atoms with E-state index in [9.17, 15) is 0 Å². The van der Waals surface area contributed by atoms with Crippen molar-refractivity contribution in [2.45, 2.75) is 0 Å². The van der Waals surface area contributed by atoms with E-state index in [1.54, 1.807) is 0 Å². The normalized spacial score (nSPS) is 12.0. The van der Waals surface area contributed by atoms with E-state index in [4.69, 9.17) is 29.9 Å². The summed E-state index contributed by atoms with van der Waals surface area (Å²) in [4.78, 5) is 37.0. The molecule has 2 aliphatic heterocycles. The Morgan fingerprint density at radius 1 is 0.390 bits per heavy atom. The summed E-state index contributed by atoms with van der Waals surface area (Å²) < 4.78 is 1.10. The molecule has 0 radical (unpaired) electrons. The summed E-state index contributed by atoms with van der Waals surface area (Å²) in [6.45, 7) is 0. The predicted octanol–water partition coefficient (Wildman–Crippen LogP) is 6.04. The number of hydrogen-bond acceptors (Lipinski definition) is 6. The Morgan fingerprint density at radius 2 is 0.780 bits per heavy atom. The number of nitrogens with one attached hydrogen (secondary N) is 2. The van der Waals surface area contributed by atoms with Crippen molar-refractivity contribution in [3.8, 4) is 45.6 Å². The first-order valence-electron chi connectivity index (χ1n) is 13.1. The van der Waals surface area contributed by atoms with E-state index < -0.39 is 0 Å². The van der Waals surface area contributed by atoms with Gasteiger partial charge in [0, 0.05) is 0 Å². The van der Waals surface area contributed by atoms with Crippen molar-refractivity contribution < 1.29 is 18.9 Å². The van der Waals surface area contributed by atoms with Crippen LogP contribution in [0.2, 0.25) is 0 Å². The van der Waals surface area contributed by atoms with E-state index in [-0.39, 0.29) is 0 Å². The SMILES string of the molecule is [Ir][c]1cccc2c3nc4nc(nc5[nH]c(nc6nc(nc([nH]3)c12)-c1ccccc1-6)c1ccccc51)-c1ccccc1-4. The molecule has 4 aromatic carbocycles. The molecule has 0 saturated carbocycles. The first-order chi connectivity index (χ1) is 20.2. The summed E-state index contributed by atoms with van der Waals surface area (Å²) in [7, 11) is 0. The van der Waals surface area contributed by atoms with E-state index in [0.717, 1.165) is 47.9 Å². The van der Waals surface area contributed by atoms with Crippen molar-refractivity contribution in [3.63, 3.8) is 0 Å². The molecule has 0 unspecified atom stereocenters. The Kier molecular flexibility index (Phi) is 4.67. The zero-order chi connectivity index (χ0) is 27.1. The van der Waals surface area contributed by atoms with Crippen LogP contribution in [0.3, 0.4) is 0 Å². The van der Waals surface area contributed by atoms with Crippen LogP contribution in [-0.4, -0.2) is 39.9 Å². The van der Waals surface area contributed by atoms with Crippen LogP contribution in [0, 0.1) is 0 Å². The van der Waals surface area contributed by atoms with Gasteiger partial charge in [-0.1, -0.05) is 6.07 Å². The third-order valence-corrected chi connectivity index (χ3v) is 8.51. The summed E-state index contributed by atoms with van der Waals surface area (Å²) in [6.07, 6.45) is 0. The molecule has 8 bridgehead atoms. The molecular formula is C32H17IrN8. The summed E-state index contributed by atoms with van der Waals surface area (Å²) in [5, 5.41) is 3.88. The Morgan fingerprint density at radius 3 is 1.29 bits per heavy atom. The van der Waals surface area contributed by atoms with Gasteiger partial charge in [0.05, 0.1) is 0 Å². The predicted molar refractivity (Wildman–Crippen MR) is 156 cm³/mol. The average molecular weight is 706 g/mol. The standard InChI is InChI=1S/C32H17N8.Ir/c1-2-10-18-17(9-1)25-33-26(18)38-28-21-13-5-6-14-22(21)30(35-28)40-32-24-16-8-7-15-23(24)31(36-32)39-29-20-12-4-3-11-19(20)27(34-29)37-25;/h1-15H,(H2,33,34,35,36,37,38,39,40);. The maximum absolute atomic E-state index is 5.08. The van der Waals surface area contributed by atoms with Gasteiger partial charge < -0.3 is 0 Å². The molecule has 194 valence electrons. The van der Waals surface area contributed by atoms with Crippen LogP contribution in [0.25, 0.3) is 89.7 Å². The van der Waals surface area contributed by atoms with Crippen LogP contribution in [0.4, 0.5) is 0 Å². The molecule has 5 heterocycles. The molecule has 0 atom stereocenters. The van der Waals surface area contributed by atoms with E-state index in [1.165, 1.54) is 0 Å². The van der Waals surface area contributed by atoms with E-state index in [0.29, 0.717) is 45.9 Å². The van der Waals surface area contributed by atoms with Crippen molar-refractivity contribution in [1.29, 1.82) is 0 Å². The monoisotopic (exact) mass is 706 g/mol. The van der Waals surface area contributed by atoms with Gasteiger partial charge in [0.2, 0.25) is 0 Å². The van der Waals surface area contributed by atoms with Gasteiger partial charge in [-0.15, -0.1) is 0 Å². The number of hydrogen-bond donors (Lipinski definition) is 2. The van der Waals surface area contributed by atoms with E-state index in [1.807, 2.05) is 78.9 Å². The molecule has 0 amide bonds. The summed E-state index contributed by atoms with van der Waals surface area (Å²) in [6, 6.07) is 30.4. The zero-order valence-electron chi connectivity index (χ0n) is 21.2. The van der Waals surface area contributed by atoms with Gasteiger partial charge in [-0.2, -0.15) is 0 Å². The molecule has 41 heavy (non-hydrogen) atoms. The van der Waals surface area contributed by atoms with Crippen molar-refractivity contribution in [2.24, 2.45) is 0 Å². The van der Waals surface area contributed by atoms with Crippen LogP contribution in [0.1, 0.15) is 0 Å². The topological polar surface area (TPSA) is 109 Å². The molecular weight excluding hydrogens is 689 g/mol. The molecule has 9 heteroatoms. The summed E-state index contributed by atoms with van der Waals surface area (Å²) >= 11 is 2.08. The van der Waals surface area contributed by atoms with Crippen LogP contribution >= 0.6 is 0 Å². The van der Waals surface area contributed by atoms with Gasteiger partial charge in [0.15, 0.2) is 0 Å². The van der Waals surface area contributed by atoms with Crippen molar-refractivity contribution in [1.82, 2.24) is 39.9 Å². The number of H-pyrrole nitrogens is 2. The van der Waals surface area contributed by atoms with Gasteiger partial charge in [-0.25, -0.2) is 0 Å². The second-order valence-corrected chi connectivity index (χ2v) is 11.2. The first kappa shape index (κ1) is 22.7. The molecule has 0 saturated heterocycles. The van der Waals surface area contributed by atoms with E-state index >= 15 is 0 Å². The Bertz CT molecular complexity index is 2400. The number of benzene rings is 4. The second-order valence-electron chi connectivity index (χ2n) is 9.88. The van der Waals surface area contributed by atoms with Gasteiger partial charge >= 0.3 is 237 Å². The minimum absolute atomic E-state index is 0.598. The Labute approximate surface area is 242 Å². The van der Waals surface area contributed by atoms with Gasteiger partial charge in [0.1, 0.15) is 0 Å². The van der Waals surface area contributed by atoms with Crippen molar-refractivity contribution in [3.05, 3.63) is 91.0 Å². The molecule has 0 aliphatic carbocycles. The fraction of sp³-hybridized carbons (Fsp3) is 0. The third-order valence-electron chi connectivity index (χ3n) is 7.51. The number of aromatic nitrogens is 8. The summed E-state index contributed by atoms with van der Waals surface area (Å²) in [5.74, 6) is 2.40. The number of nitrogens with zero attached hydrogens (tertiary/aromatic N) is 6. The Balaban J connectivity index is 1.52. The fourth-order valence-electron chi connectivity index (χ4n) is 5.63. The Hall–Kier alpha value is -5.11. The van der Waals surface area contributed by atoms with Gasteiger partial charge in [-0.3, -0.25) is 0 Å². The molecule has 2 N–H and O–H groups in total. The zero-order valence-corrected chi connectivity index (χ0v) is 23.6. The van der Waals surface area contributed by atoms with Crippen LogP contribution in [0.15, 0.2) is 91.0 Å². The van der Waals surface area contributed by atoms with E-state index in [2.05, 4.69) is 41.0 Å². The van der Waals surface area contributed by atoms with Crippen molar-refractivity contribution >= 4 is 48.2 Å². The minimum atomic E-state index is 0.598. The fourth-order valence-corrected chi connectivity index (χ4v) is 6.47. The molecule has 0 spiro atoms. The quantitative estimate of drug-likeness (QED) is 0.199. The number of rotatable bonds is 0. The van der Waals surface area contributed by atoms with Crippen LogP contribution in [0.5, 0.6) is 0 Å². The molecule has 9 rings (SSSR count). The number of aromatic amines is 2. The molecule has 8 nitrogen and oxygen atoms in total. The van der Waals surface area contributed by atoms with Gasteiger partial charge in [0.25, 0.3) is 0 Å². The van der Waals surface area contributed by atoms with Gasteiger partial charge in [-0.05, 0) is 0 Å². The van der Waals surface area contributed by atoms with Crippen molar-refractivity contribution in [2.75, 3.05) is 0 Å². The molecule has 3 aromatic heterocycles. The first-order valence-corrected chi connectivity index (χ1v) is 14.3. The van der Waals surface area contributed by atoms with Crippen LogP contribution < -0.4 is 4.08 Å². The molecule has 7 aromatic rings. The number of fused-ring (bicyclic) bond motifs is 20. The summed E-state index contributed by atoms with van der Waals surface area (Å²) in [5.41, 5.74) is 6.48. The maximum atomic E-state index is 5.08. The third kappa shape index (κ3) is 3.37.